The summed E-state index contributed by atoms with van der Waals surface area (Å²) in [6, 6.07) is 4.15. The van der Waals surface area contributed by atoms with Crippen molar-refractivity contribution in [3.05, 3.63) is 29.3 Å². The monoisotopic (exact) mass is 369 g/mol. The van der Waals surface area contributed by atoms with Crippen LogP contribution in [0.1, 0.15) is 35.7 Å². The molecular formula is C17H23NO6S. The molecule has 138 valence electrons. The molecule has 0 spiro atoms. The summed E-state index contributed by atoms with van der Waals surface area (Å²) < 4.78 is 28.3. The van der Waals surface area contributed by atoms with E-state index in [-0.39, 0.29) is 28.9 Å². The first-order valence-electron chi connectivity index (χ1n) is 8.20. The fraction of sp³-hybridized carbons (Fsp3) is 0.529. The molecule has 1 aromatic carbocycles. The highest BCUT2D eigenvalue weighted by atomic mass is 32.2. The van der Waals surface area contributed by atoms with Crippen molar-refractivity contribution in [2.75, 3.05) is 24.7 Å². The third kappa shape index (κ3) is 4.94. The number of aromatic hydroxyl groups is 1. The predicted molar refractivity (Wildman–Crippen MR) is 92.2 cm³/mol. The number of amides is 1. The molecule has 7 nitrogen and oxygen atoms in total. The molecule has 1 fully saturated rings. The molecule has 1 aliphatic rings. The number of esters is 1. The van der Waals surface area contributed by atoms with Crippen molar-refractivity contribution in [2.24, 2.45) is 0 Å². The number of ether oxygens (including phenoxy) is 1. The molecule has 25 heavy (non-hydrogen) atoms. The van der Waals surface area contributed by atoms with Crippen molar-refractivity contribution in [3.63, 3.8) is 0 Å². The van der Waals surface area contributed by atoms with Crippen molar-refractivity contribution in [1.82, 2.24) is 4.90 Å². The van der Waals surface area contributed by atoms with Crippen molar-refractivity contribution < 1.29 is 27.9 Å². The van der Waals surface area contributed by atoms with Gasteiger partial charge in [0, 0.05) is 12.6 Å². The number of rotatable bonds is 6. The SMILES string of the molecule is CCCN(C(=O)COC(=O)c1cc(C)ccc1O)[C@@H]1CCS(=O)(=O)C1. The number of aryl methyl sites for hydroxylation is 1. The minimum atomic E-state index is -3.11. The Morgan fingerprint density at radius 2 is 2.08 bits per heavy atom. The summed E-state index contributed by atoms with van der Waals surface area (Å²) >= 11 is 0. The molecule has 0 saturated carbocycles. The Hall–Kier alpha value is -2.09. The molecule has 0 bridgehead atoms. The molecule has 0 aromatic heterocycles. The fourth-order valence-electron chi connectivity index (χ4n) is 2.87. The van der Waals surface area contributed by atoms with E-state index in [1.54, 1.807) is 13.0 Å². The van der Waals surface area contributed by atoms with Crippen LogP contribution in [0.2, 0.25) is 0 Å². The summed E-state index contributed by atoms with van der Waals surface area (Å²) in [7, 11) is -3.11. The predicted octanol–water partition coefficient (Wildman–Crippen LogP) is 1.28. The molecule has 0 unspecified atom stereocenters. The van der Waals surface area contributed by atoms with Crippen LogP contribution < -0.4 is 0 Å². The van der Waals surface area contributed by atoms with Crippen LogP contribution in [0.5, 0.6) is 5.75 Å². The molecule has 1 saturated heterocycles. The summed E-state index contributed by atoms with van der Waals surface area (Å²) in [5.74, 6) is -1.40. The van der Waals surface area contributed by atoms with Gasteiger partial charge in [-0.15, -0.1) is 0 Å². The Morgan fingerprint density at radius 3 is 2.68 bits per heavy atom. The molecule has 1 amide bonds. The molecular weight excluding hydrogens is 346 g/mol. The van der Waals surface area contributed by atoms with Gasteiger partial charge in [0.25, 0.3) is 5.91 Å². The van der Waals surface area contributed by atoms with E-state index >= 15 is 0 Å². The van der Waals surface area contributed by atoms with Crippen LogP contribution in [0.15, 0.2) is 18.2 Å². The van der Waals surface area contributed by atoms with E-state index in [9.17, 15) is 23.1 Å². The minimum absolute atomic E-state index is 0.00159. The van der Waals surface area contributed by atoms with Crippen LogP contribution in [0.25, 0.3) is 0 Å². The van der Waals surface area contributed by atoms with Crippen LogP contribution >= 0.6 is 0 Å². The zero-order valence-corrected chi connectivity index (χ0v) is 15.2. The maximum absolute atomic E-state index is 12.4. The molecule has 8 heteroatoms. The second-order valence-corrected chi connectivity index (χ2v) is 8.47. The maximum Gasteiger partial charge on any atom is 0.342 e. The largest absolute Gasteiger partial charge is 0.507 e. The smallest absolute Gasteiger partial charge is 0.342 e. The van der Waals surface area contributed by atoms with Gasteiger partial charge in [-0.25, -0.2) is 13.2 Å². The molecule has 1 aliphatic heterocycles. The molecule has 0 radical (unpaired) electrons. The first-order chi connectivity index (χ1) is 11.7. The zero-order chi connectivity index (χ0) is 18.6. The van der Waals surface area contributed by atoms with Crippen LogP contribution in [0.4, 0.5) is 0 Å². The van der Waals surface area contributed by atoms with Gasteiger partial charge in [-0.1, -0.05) is 18.6 Å². The highest BCUT2D eigenvalue weighted by Gasteiger charge is 2.34. The number of benzene rings is 1. The third-order valence-electron chi connectivity index (χ3n) is 4.13. The Morgan fingerprint density at radius 1 is 1.36 bits per heavy atom. The van der Waals surface area contributed by atoms with Crippen LogP contribution in [-0.4, -0.2) is 61.0 Å². The van der Waals surface area contributed by atoms with Crippen LogP contribution in [-0.2, 0) is 19.4 Å². The lowest BCUT2D eigenvalue weighted by Gasteiger charge is -2.27. The zero-order valence-electron chi connectivity index (χ0n) is 14.4. The van der Waals surface area contributed by atoms with E-state index < -0.39 is 28.3 Å². The summed E-state index contributed by atoms with van der Waals surface area (Å²) in [5, 5.41) is 9.73. The fourth-order valence-corrected chi connectivity index (χ4v) is 4.61. The summed E-state index contributed by atoms with van der Waals surface area (Å²) in [6.07, 6.45) is 1.08. The molecule has 2 rings (SSSR count). The van der Waals surface area contributed by atoms with Gasteiger partial charge in [0.2, 0.25) is 0 Å². The average Bonchev–Trinajstić information content (AvgIpc) is 2.91. The number of nitrogens with zero attached hydrogens (tertiary/aromatic N) is 1. The van der Waals surface area contributed by atoms with Gasteiger partial charge in [0.05, 0.1) is 11.5 Å². The molecule has 1 N–H and O–H groups in total. The number of sulfone groups is 1. The maximum atomic E-state index is 12.4. The lowest BCUT2D eigenvalue weighted by Crippen LogP contribution is -2.43. The second-order valence-electron chi connectivity index (χ2n) is 6.24. The van der Waals surface area contributed by atoms with Crippen molar-refractivity contribution in [1.29, 1.82) is 0 Å². The normalized spacial score (nSPS) is 18.7. The van der Waals surface area contributed by atoms with E-state index in [1.165, 1.54) is 17.0 Å². The highest BCUT2D eigenvalue weighted by molar-refractivity contribution is 7.91. The number of hydrogen-bond acceptors (Lipinski definition) is 6. The highest BCUT2D eigenvalue weighted by Crippen LogP contribution is 2.20. The van der Waals surface area contributed by atoms with Gasteiger partial charge in [-0.2, -0.15) is 0 Å². The Labute approximate surface area is 147 Å². The van der Waals surface area contributed by atoms with E-state index in [2.05, 4.69) is 0 Å². The number of carbonyl (C=O) groups excluding carboxylic acids is 2. The van der Waals surface area contributed by atoms with Crippen molar-refractivity contribution in [2.45, 2.75) is 32.7 Å². The van der Waals surface area contributed by atoms with Crippen molar-refractivity contribution in [3.8, 4) is 5.75 Å². The van der Waals surface area contributed by atoms with Gasteiger partial charge >= 0.3 is 5.97 Å². The summed E-state index contributed by atoms with van der Waals surface area (Å²) in [5.41, 5.74) is 0.776. The number of hydrogen-bond donors (Lipinski definition) is 1. The summed E-state index contributed by atoms with van der Waals surface area (Å²) in [4.78, 5) is 26.0. The Bertz CT molecular complexity index is 758. The Balaban J connectivity index is 2.01. The second kappa shape index (κ2) is 7.86. The average molecular weight is 369 g/mol. The number of phenolic OH excluding ortho intramolecular Hbond substituents is 1. The minimum Gasteiger partial charge on any atom is -0.507 e. The van der Waals surface area contributed by atoms with Crippen molar-refractivity contribution >= 4 is 21.7 Å². The van der Waals surface area contributed by atoms with Gasteiger partial charge in [0.15, 0.2) is 16.4 Å². The van der Waals surface area contributed by atoms with Gasteiger partial charge in [0.1, 0.15) is 11.3 Å². The van der Waals surface area contributed by atoms with Gasteiger partial charge in [-0.3, -0.25) is 4.79 Å². The van der Waals surface area contributed by atoms with Crippen LogP contribution in [0, 0.1) is 6.92 Å². The van der Waals surface area contributed by atoms with E-state index in [0.29, 0.717) is 19.4 Å². The summed E-state index contributed by atoms with van der Waals surface area (Å²) in [6.45, 7) is 3.58. The van der Waals surface area contributed by atoms with E-state index in [1.807, 2.05) is 6.92 Å². The lowest BCUT2D eigenvalue weighted by molar-refractivity contribution is -0.136. The van der Waals surface area contributed by atoms with Gasteiger partial charge in [-0.05, 0) is 31.9 Å². The topological polar surface area (TPSA) is 101 Å². The molecule has 1 aromatic rings. The standard InChI is InChI=1S/C17H23NO6S/c1-3-7-18(13-6-8-25(22,23)11-13)16(20)10-24-17(21)14-9-12(2)4-5-15(14)19/h4-5,9,13,19H,3,6-8,10-11H2,1-2H3/t13-/m1/s1. The Kier molecular flexibility index (Phi) is 6.05. The lowest BCUT2D eigenvalue weighted by atomic mass is 10.1. The van der Waals surface area contributed by atoms with E-state index in [0.717, 1.165) is 5.56 Å². The first-order valence-corrected chi connectivity index (χ1v) is 10.0. The number of carbonyl (C=O) groups is 2. The molecule has 0 aliphatic carbocycles. The van der Waals surface area contributed by atoms with E-state index in [4.69, 9.17) is 4.74 Å². The molecule has 1 atom stereocenters. The molecule has 1 heterocycles. The van der Waals surface area contributed by atoms with Gasteiger partial charge < -0.3 is 14.7 Å². The third-order valence-corrected chi connectivity index (χ3v) is 5.88. The van der Waals surface area contributed by atoms with Crippen LogP contribution in [0.3, 0.4) is 0 Å². The quantitative estimate of drug-likeness (QED) is 0.758. The number of phenols is 1. The first kappa shape index (κ1) is 19.2.